The molecule has 106 valence electrons. The maximum Gasteiger partial charge on any atom is 0.123 e. The number of rotatable bonds is 5. The first kappa shape index (κ1) is 14.7. The standard InChI is InChI=1S/C18H22FN/c1-3-4-5-14-6-8-15(9-7-14)18-12-16(19)10-11-17(18)13(2)20/h6-13H,3-5,20H2,1-2H3. The van der Waals surface area contributed by atoms with E-state index in [0.29, 0.717) is 0 Å². The zero-order chi connectivity index (χ0) is 14.5. The van der Waals surface area contributed by atoms with E-state index in [2.05, 4.69) is 31.2 Å². The average Bonchev–Trinajstić information content (AvgIpc) is 2.45. The van der Waals surface area contributed by atoms with Crippen molar-refractivity contribution in [3.05, 3.63) is 59.4 Å². The van der Waals surface area contributed by atoms with E-state index in [1.165, 1.54) is 24.5 Å². The Balaban J connectivity index is 2.33. The molecule has 0 bridgehead atoms. The van der Waals surface area contributed by atoms with Gasteiger partial charge in [0.2, 0.25) is 0 Å². The van der Waals surface area contributed by atoms with Gasteiger partial charge in [0.1, 0.15) is 5.82 Å². The van der Waals surface area contributed by atoms with Gasteiger partial charge in [0.15, 0.2) is 0 Å². The predicted molar refractivity (Wildman–Crippen MR) is 83.1 cm³/mol. The zero-order valence-corrected chi connectivity index (χ0v) is 12.2. The highest BCUT2D eigenvalue weighted by Gasteiger charge is 2.10. The first-order valence-electron chi connectivity index (χ1n) is 7.26. The van der Waals surface area contributed by atoms with E-state index in [1.807, 2.05) is 6.92 Å². The van der Waals surface area contributed by atoms with Gasteiger partial charge in [0, 0.05) is 6.04 Å². The van der Waals surface area contributed by atoms with Crippen LogP contribution in [0, 0.1) is 5.82 Å². The van der Waals surface area contributed by atoms with E-state index < -0.39 is 0 Å². The first-order chi connectivity index (χ1) is 9.61. The molecule has 0 spiro atoms. The summed E-state index contributed by atoms with van der Waals surface area (Å²) in [7, 11) is 0. The Morgan fingerprint density at radius 1 is 1.10 bits per heavy atom. The average molecular weight is 271 g/mol. The van der Waals surface area contributed by atoms with Crippen LogP contribution in [0.4, 0.5) is 4.39 Å². The smallest absolute Gasteiger partial charge is 0.123 e. The van der Waals surface area contributed by atoms with E-state index in [4.69, 9.17) is 5.73 Å². The molecule has 0 radical (unpaired) electrons. The number of benzene rings is 2. The highest BCUT2D eigenvalue weighted by molar-refractivity contribution is 5.68. The lowest BCUT2D eigenvalue weighted by Crippen LogP contribution is -2.07. The quantitative estimate of drug-likeness (QED) is 0.826. The fourth-order valence-electron chi connectivity index (χ4n) is 2.41. The second-order valence-corrected chi connectivity index (χ2v) is 5.32. The molecule has 2 heteroatoms. The Labute approximate surface area is 120 Å². The van der Waals surface area contributed by atoms with Crippen LogP contribution >= 0.6 is 0 Å². The molecule has 1 atom stereocenters. The van der Waals surface area contributed by atoms with Crippen LogP contribution in [-0.4, -0.2) is 0 Å². The first-order valence-corrected chi connectivity index (χ1v) is 7.26. The zero-order valence-electron chi connectivity index (χ0n) is 12.2. The number of halogens is 1. The van der Waals surface area contributed by atoms with Crippen LogP contribution in [0.2, 0.25) is 0 Å². The third kappa shape index (κ3) is 3.45. The summed E-state index contributed by atoms with van der Waals surface area (Å²) in [6.45, 7) is 4.11. The molecule has 1 nitrogen and oxygen atoms in total. The minimum absolute atomic E-state index is 0.106. The summed E-state index contributed by atoms with van der Waals surface area (Å²) < 4.78 is 13.5. The Hall–Kier alpha value is -1.67. The summed E-state index contributed by atoms with van der Waals surface area (Å²) in [6.07, 6.45) is 3.49. The Morgan fingerprint density at radius 3 is 2.40 bits per heavy atom. The van der Waals surface area contributed by atoms with Gasteiger partial charge in [-0.1, -0.05) is 43.7 Å². The molecule has 0 aliphatic rings. The monoisotopic (exact) mass is 271 g/mol. The second kappa shape index (κ2) is 6.67. The van der Waals surface area contributed by atoms with Crippen molar-refractivity contribution in [2.75, 3.05) is 0 Å². The third-order valence-electron chi connectivity index (χ3n) is 3.59. The van der Waals surface area contributed by atoms with Gasteiger partial charge in [0.05, 0.1) is 0 Å². The molecule has 0 aliphatic carbocycles. The summed E-state index contributed by atoms with van der Waals surface area (Å²) >= 11 is 0. The molecule has 0 saturated carbocycles. The van der Waals surface area contributed by atoms with Crippen molar-refractivity contribution in [2.24, 2.45) is 5.73 Å². The van der Waals surface area contributed by atoms with Gasteiger partial charge >= 0.3 is 0 Å². The number of hydrogen-bond acceptors (Lipinski definition) is 1. The summed E-state index contributed by atoms with van der Waals surface area (Å²) in [4.78, 5) is 0. The summed E-state index contributed by atoms with van der Waals surface area (Å²) in [6, 6.07) is 13.1. The molecule has 1 unspecified atom stereocenters. The van der Waals surface area contributed by atoms with E-state index in [-0.39, 0.29) is 11.9 Å². The van der Waals surface area contributed by atoms with Crippen LogP contribution in [0.1, 0.15) is 43.9 Å². The normalized spacial score (nSPS) is 12.4. The van der Waals surface area contributed by atoms with Crippen LogP contribution in [0.5, 0.6) is 0 Å². The lowest BCUT2D eigenvalue weighted by molar-refractivity contribution is 0.626. The molecule has 2 aromatic carbocycles. The van der Waals surface area contributed by atoms with Crippen LogP contribution < -0.4 is 5.73 Å². The van der Waals surface area contributed by atoms with Crippen LogP contribution in [0.25, 0.3) is 11.1 Å². The van der Waals surface area contributed by atoms with Gasteiger partial charge in [-0.15, -0.1) is 0 Å². The number of aryl methyl sites for hydroxylation is 1. The number of nitrogens with two attached hydrogens (primary N) is 1. The fourth-order valence-corrected chi connectivity index (χ4v) is 2.41. The summed E-state index contributed by atoms with van der Waals surface area (Å²) in [5, 5.41) is 0. The largest absolute Gasteiger partial charge is 0.324 e. The number of hydrogen-bond donors (Lipinski definition) is 1. The molecule has 2 aromatic rings. The second-order valence-electron chi connectivity index (χ2n) is 5.32. The maximum absolute atomic E-state index is 13.5. The molecular formula is C18H22FN. The molecular weight excluding hydrogens is 249 g/mol. The van der Waals surface area contributed by atoms with Gasteiger partial charge in [0.25, 0.3) is 0 Å². The van der Waals surface area contributed by atoms with Gasteiger partial charge in [-0.2, -0.15) is 0 Å². The van der Waals surface area contributed by atoms with E-state index >= 15 is 0 Å². The molecule has 0 amide bonds. The minimum atomic E-state index is -0.223. The minimum Gasteiger partial charge on any atom is -0.324 e. The molecule has 0 aromatic heterocycles. The van der Waals surface area contributed by atoms with Gasteiger partial charge in [-0.05, 0) is 54.2 Å². The molecule has 2 N–H and O–H groups in total. The Bertz CT molecular complexity index is 558. The molecule has 0 aliphatic heterocycles. The number of unbranched alkanes of at least 4 members (excludes halogenated alkanes) is 1. The molecule has 0 saturated heterocycles. The van der Waals surface area contributed by atoms with E-state index in [9.17, 15) is 4.39 Å². The predicted octanol–water partition coefficient (Wildman–Crippen LogP) is 4.86. The molecule has 20 heavy (non-hydrogen) atoms. The Morgan fingerprint density at radius 2 is 1.80 bits per heavy atom. The molecule has 0 fully saturated rings. The SMILES string of the molecule is CCCCc1ccc(-c2cc(F)ccc2C(C)N)cc1. The maximum atomic E-state index is 13.5. The van der Waals surface area contributed by atoms with Crippen LogP contribution in [0.3, 0.4) is 0 Å². The summed E-state index contributed by atoms with van der Waals surface area (Å²) in [5.74, 6) is -0.223. The lowest BCUT2D eigenvalue weighted by atomic mass is 9.94. The van der Waals surface area contributed by atoms with Crippen LogP contribution in [0.15, 0.2) is 42.5 Å². The lowest BCUT2D eigenvalue weighted by Gasteiger charge is -2.13. The topological polar surface area (TPSA) is 26.0 Å². The van der Waals surface area contributed by atoms with Crippen molar-refractivity contribution in [1.29, 1.82) is 0 Å². The fraction of sp³-hybridized carbons (Fsp3) is 0.333. The van der Waals surface area contributed by atoms with Crippen LogP contribution in [-0.2, 0) is 6.42 Å². The Kier molecular flexibility index (Phi) is 4.91. The molecule has 0 heterocycles. The van der Waals surface area contributed by atoms with Gasteiger partial charge in [-0.3, -0.25) is 0 Å². The van der Waals surface area contributed by atoms with Gasteiger partial charge in [-0.25, -0.2) is 4.39 Å². The van der Waals surface area contributed by atoms with Crippen molar-refractivity contribution in [3.63, 3.8) is 0 Å². The van der Waals surface area contributed by atoms with Crippen molar-refractivity contribution >= 4 is 0 Å². The molecule has 2 rings (SSSR count). The van der Waals surface area contributed by atoms with Crippen molar-refractivity contribution < 1.29 is 4.39 Å². The van der Waals surface area contributed by atoms with E-state index in [1.54, 1.807) is 12.1 Å². The van der Waals surface area contributed by atoms with Crippen molar-refractivity contribution in [3.8, 4) is 11.1 Å². The van der Waals surface area contributed by atoms with Crippen molar-refractivity contribution in [1.82, 2.24) is 0 Å². The highest BCUT2D eigenvalue weighted by Crippen LogP contribution is 2.28. The summed E-state index contributed by atoms with van der Waals surface area (Å²) in [5.41, 5.74) is 10.2. The highest BCUT2D eigenvalue weighted by atomic mass is 19.1. The van der Waals surface area contributed by atoms with E-state index in [0.717, 1.165) is 23.1 Å². The van der Waals surface area contributed by atoms with Crippen molar-refractivity contribution in [2.45, 2.75) is 39.2 Å². The van der Waals surface area contributed by atoms with Gasteiger partial charge < -0.3 is 5.73 Å². The third-order valence-corrected chi connectivity index (χ3v) is 3.59.